The number of nitrogens with zero attached hydrogens (tertiary/aromatic N) is 2. The van der Waals surface area contributed by atoms with Crippen molar-refractivity contribution in [3.63, 3.8) is 0 Å². The molecular formula is C38H28N2. The standard InChI is InChI=1S/C38H28N2/c1-3-9-26(10-4-1)28-15-21-31(22-16-28)36-37(32-23-17-29(18-24-32)27-11-5-2-6-12-27)39-40-35(30-19-20-30)25-33-13-7-8-14-34(33)38(36)40/h1-18,21-25,30H,19-20H2. The summed E-state index contributed by atoms with van der Waals surface area (Å²) in [6, 6.07) is 50.2. The second-order valence-electron chi connectivity index (χ2n) is 10.8. The molecule has 0 aliphatic heterocycles. The molecule has 0 radical (unpaired) electrons. The Morgan fingerprint density at radius 3 is 1.60 bits per heavy atom. The first-order valence-corrected chi connectivity index (χ1v) is 14.1. The molecule has 0 saturated heterocycles. The fraction of sp³-hybridized carbons (Fsp3) is 0.0789. The Balaban J connectivity index is 1.36. The van der Waals surface area contributed by atoms with Crippen LogP contribution in [0.25, 0.3) is 60.9 Å². The molecular weight excluding hydrogens is 484 g/mol. The topological polar surface area (TPSA) is 17.3 Å². The van der Waals surface area contributed by atoms with Crippen LogP contribution in [0.3, 0.4) is 0 Å². The Morgan fingerprint density at radius 2 is 1.00 bits per heavy atom. The average Bonchev–Trinajstić information content (AvgIpc) is 3.80. The molecule has 1 aliphatic carbocycles. The van der Waals surface area contributed by atoms with Gasteiger partial charge in [0.15, 0.2) is 0 Å². The summed E-state index contributed by atoms with van der Waals surface area (Å²) in [5, 5.41) is 7.90. The van der Waals surface area contributed by atoms with E-state index in [4.69, 9.17) is 5.10 Å². The molecule has 5 aromatic carbocycles. The lowest BCUT2D eigenvalue weighted by Crippen LogP contribution is -1.98. The molecule has 1 fully saturated rings. The highest BCUT2D eigenvalue weighted by Gasteiger charge is 2.29. The highest BCUT2D eigenvalue weighted by atomic mass is 15.2. The Hall–Kier alpha value is -4.95. The number of rotatable bonds is 5. The summed E-state index contributed by atoms with van der Waals surface area (Å²) in [4.78, 5) is 0. The number of hydrogen-bond donors (Lipinski definition) is 0. The van der Waals surface area contributed by atoms with Crippen LogP contribution >= 0.6 is 0 Å². The monoisotopic (exact) mass is 512 g/mol. The minimum absolute atomic E-state index is 0.577. The van der Waals surface area contributed by atoms with Crippen LogP contribution in [-0.4, -0.2) is 9.61 Å². The van der Waals surface area contributed by atoms with E-state index >= 15 is 0 Å². The van der Waals surface area contributed by atoms with Gasteiger partial charge in [-0.1, -0.05) is 133 Å². The Kier molecular flexibility index (Phi) is 5.38. The van der Waals surface area contributed by atoms with E-state index in [9.17, 15) is 0 Å². The van der Waals surface area contributed by atoms with E-state index in [1.807, 2.05) is 0 Å². The van der Waals surface area contributed by atoms with Gasteiger partial charge in [0.05, 0.1) is 5.52 Å². The van der Waals surface area contributed by atoms with Crippen molar-refractivity contribution in [2.45, 2.75) is 18.8 Å². The molecule has 0 atom stereocenters. The van der Waals surface area contributed by atoms with E-state index in [1.54, 1.807) is 0 Å². The SMILES string of the molecule is c1ccc(-c2ccc(-c3nn4c(C5CC5)cc5ccccc5c4c3-c3ccc(-c4ccccc4)cc3)cc2)cc1. The molecule has 190 valence electrons. The van der Waals surface area contributed by atoms with Gasteiger partial charge in [0.25, 0.3) is 0 Å². The third-order valence-electron chi connectivity index (χ3n) is 8.19. The third kappa shape index (κ3) is 3.92. The first-order chi connectivity index (χ1) is 19.8. The molecule has 0 spiro atoms. The molecule has 1 aliphatic rings. The van der Waals surface area contributed by atoms with E-state index in [2.05, 4.69) is 144 Å². The molecule has 7 aromatic rings. The molecule has 8 rings (SSSR count). The lowest BCUT2D eigenvalue weighted by atomic mass is 9.94. The second-order valence-corrected chi connectivity index (χ2v) is 10.8. The van der Waals surface area contributed by atoms with Crippen LogP contribution in [0, 0.1) is 0 Å². The van der Waals surface area contributed by atoms with Crippen molar-refractivity contribution < 1.29 is 0 Å². The number of pyridine rings is 1. The summed E-state index contributed by atoms with van der Waals surface area (Å²) in [6.45, 7) is 0. The summed E-state index contributed by atoms with van der Waals surface area (Å²) >= 11 is 0. The third-order valence-corrected chi connectivity index (χ3v) is 8.19. The molecule has 0 unspecified atom stereocenters. The second kappa shape index (κ2) is 9.36. The van der Waals surface area contributed by atoms with Crippen LogP contribution < -0.4 is 0 Å². The van der Waals surface area contributed by atoms with Crippen molar-refractivity contribution >= 4 is 16.3 Å². The minimum atomic E-state index is 0.577. The quantitative estimate of drug-likeness (QED) is 0.224. The number of benzene rings is 5. The van der Waals surface area contributed by atoms with Crippen LogP contribution in [0.5, 0.6) is 0 Å². The van der Waals surface area contributed by atoms with Gasteiger partial charge in [-0.05, 0) is 52.1 Å². The number of aromatic nitrogens is 2. The van der Waals surface area contributed by atoms with Crippen molar-refractivity contribution in [3.05, 3.63) is 145 Å². The minimum Gasteiger partial charge on any atom is -0.236 e. The van der Waals surface area contributed by atoms with Gasteiger partial charge in [-0.25, -0.2) is 4.52 Å². The average molecular weight is 513 g/mol. The molecule has 40 heavy (non-hydrogen) atoms. The molecule has 1 saturated carbocycles. The maximum Gasteiger partial charge on any atom is 0.101 e. The van der Waals surface area contributed by atoms with Gasteiger partial charge in [-0.3, -0.25) is 0 Å². The number of fused-ring (bicyclic) bond motifs is 3. The van der Waals surface area contributed by atoms with Crippen LogP contribution in [0.4, 0.5) is 0 Å². The van der Waals surface area contributed by atoms with Crippen LogP contribution in [0.1, 0.15) is 24.5 Å². The normalized spacial score (nSPS) is 13.2. The maximum atomic E-state index is 5.37. The van der Waals surface area contributed by atoms with Crippen molar-refractivity contribution in [2.75, 3.05) is 0 Å². The van der Waals surface area contributed by atoms with E-state index in [0.717, 1.165) is 11.3 Å². The van der Waals surface area contributed by atoms with Gasteiger partial charge < -0.3 is 0 Å². The highest BCUT2D eigenvalue weighted by molar-refractivity contribution is 6.07. The van der Waals surface area contributed by atoms with Gasteiger partial charge in [-0.15, -0.1) is 0 Å². The zero-order chi connectivity index (χ0) is 26.5. The van der Waals surface area contributed by atoms with E-state index in [0.29, 0.717) is 5.92 Å². The van der Waals surface area contributed by atoms with Gasteiger partial charge in [0.1, 0.15) is 5.69 Å². The molecule has 2 nitrogen and oxygen atoms in total. The Morgan fingerprint density at radius 1 is 0.500 bits per heavy atom. The van der Waals surface area contributed by atoms with Gasteiger partial charge in [0.2, 0.25) is 0 Å². The largest absolute Gasteiger partial charge is 0.236 e. The zero-order valence-electron chi connectivity index (χ0n) is 22.2. The first kappa shape index (κ1) is 23.0. The molecule has 0 N–H and O–H groups in total. The molecule has 0 bridgehead atoms. The fourth-order valence-electron chi connectivity index (χ4n) is 5.97. The smallest absolute Gasteiger partial charge is 0.101 e. The van der Waals surface area contributed by atoms with Crippen molar-refractivity contribution in [2.24, 2.45) is 0 Å². The summed E-state index contributed by atoms with van der Waals surface area (Å²) in [6.07, 6.45) is 2.46. The maximum absolute atomic E-state index is 5.37. The van der Waals surface area contributed by atoms with Crippen LogP contribution in [0.2, 0.25) is 0 Å². The Labute approximate surface area is 234 Å². The number of hydrogen-bond acceptors (Lipinski definition) is 1. The van der Waals surface area contributed by atoms with Crippen molar-refractivity contribution in [1.82, 2.24) is 9.61 Å². The summed E-state index contributed by atoms with van der Waals surface area (Å²) in [5.74, 6) is 0.577. The predicted octanol–water partition coefficient (Wildman–Crippen LogP) is 10.0. The lowest BCUT2D eigenvalue weighted by Gasteiger charge is -2.10. The van der Waals surface area contributed by atoms with Gasteiger partial charge in [0, 0.05) is 28.1 Å². The van der Waals surface area contributed by atoms with E-state index < -0.39 is 0 Å². The predicted molar refractivity (Wildman–Crippen MR) is 166 cm³/mol. The van der Waals surface area contributed by atoms with Crippen LogP contribution in [0.15, 0.2) is 140 Å². The Bertz CT molecular complexity index is 1960. The fourth-order valence-corrected chi connectivity index (χ4v) is 5.97. The van der Waals surface area contributed by atoms with Crippen LogP contribution in [-0.2, 0) is 0 Å². The van der Waals surface area contributed by atoms with Crippen molar-refractivity contribution in [3.8, 4) is 44.6 Å². The van der Waals surface area contributed by atoms with E-state index in [-0.39, 0.29) is 0 Å². The van der Waals surface area contributed by atoms with Gasteiger partial charge in [-0.2, -0.15) is 5.10 Å². The molecule has 2 aromatic heterocycles. The summed E-state index contributed by atoms with van der Waals surface area (Å²) in [7, 11) is 0. The van der Waals surface area contributed by atoms with Gasteiger partial charge >= 0.3 is 0 Å². The molecule has 2 heteroatoms. The highest BCUT2D eigenvalue weighted by Crippen LogP contribution is 2.45. The lowest BCUT2D eigenvalue weighted by molar-refractivity contribution is 0.866. The van der Waals surface area contributed by atoms with Crippen molar-refractivity contribution in [1.29, 1.82) is 0 Å². The summed E-state index contributed by atoms with van der Waals surface area (Å²) in [5.41, 5.74) is 12.0. The zero-order valence-corrected chi connectivity index (χ0v) is 22.2. The molecule has 2 heterocycles. The van der Waals surface area contributed by atoms with E-state index in [1.165, 1.54) is 68.2 Å². The summed E-state index contributed by atoms with van der Waals surface area (Å²) < 4.78 is 2.25. The molecule has 0 amide bonds. The first-order valence-electron chi connectivity index (χ1n) is 14.1.